The highest BCUT2D eigenvalue weighted by Crippen LogP contribution is 2.34. The van der Waals surface area contributed by atoms with Crippen LogP contribution in [-0.2, 0) is 17.8 Å². The van der Waals surface area contributed by atoms with E-state index in [1.54, 1.807) is 30.3 Å². The van der Waals surface area contributed by atoms with E-state index in [4.69, 9.17) is 11.6 Å². The quantitative estimate of drug-likeness (QED) is 0.375. The van der Waals surface area contributed by atoms with Crippen molar-refractivity contribution >= 4 is 45.1 Å². The maximum absolute atomic E-state index is 13.6. The summed E-state index contributed by atoms with van der Waals surface area (Å²) in [6.07, 6.45) is -4.77. The number of fused-ring (bicyclic) bond motifs is 4. The van der Waals surface area contributed by atoms with Gasteiger partial charge in [0.15, 0.2) is 0 Å². The third kappa shape index (κ3) is 3.33. The second-order valence-electron chi connectivity index (χ2n) is 7.76. The van der Waals surface area contributed by atoms with Crippen molar-refractivity contribution < 1.29 is 22.8 Å². The average Bonchev–Trinajstić information content (AvgIpc) is 3.09. The summed E-state index contributed by atoms with van der Waals surface area (Å²) in [4.78, 5) is 26.2. The fourth-order valence-electron chi connectivity index (χ4n) is 4.37. The number of nitrogens with zero attached hydrogens (tertiary/aromatic N) is 2. The van der Waals surface area contributed by atoms with E-state index in [0.29, 0.717) is 27.2 Å². The molecule has 0 aliphatic carbocycles. The molecule has 1 aliphatic heterocycles. The molecule has 0 N–H and O–H groups in total. The standard InChI is InChI=1S/C24H16ClF3N2O2/c25-17-7-8-20-19(12-17)18-9-10-29(23(32)24(26,27)28)13-21(18)30(20)22(31)16-6-5-14-3-1-2-4-15(14)11-16/h1-8,11-12H,9-10,13H2. The summed E-state index contributed by atoms with van der Waals surface area (Å²) in [5, 5.41) is 3.02. The zero-order valence-electron chi connectivity index (χ0n) is 16.6. The Morgan fingerprint density at radius 3 is 2.44 bits per heavy atom. The molecule has 5 rings (SSSR count). The largest absolute Gasteiger partial charge is 0.471 e. The summed E-state index contributed by atoms with van der Waals surface area (Å²) in [5.74, 6) is -2.28. The van der Waals surface area contributed by atoms with Crippen LogP contribution in [0.25, 0.3) is 21.7 Å². The number of benzene rings is 3. The van der Waals surface area contributed by atoms with E-state index in [1.165, 1.54) is 4.57 Å². The van der Waals surface area contributed by atoms with Crippen molar-refractivity contribution in [2.45, 2.75) is 19.1 Å². The van der Waals surface area contributed by atoms with E-state index in [9.17, 15) is 22.8 Å². The minimum Gasteiger partial charge on any atom is -0.329 e. The fraction of sp³-hybridized carbons (Fsp3) is 0.167. The minimum absolute atomic E-state index is 0.0822. The lowest BCUT2D eigenvalue weighted by Crippen LogP contribution is -2.44. The molecule has 0 bridgehead atoms. The topological polar surface area (TPSA) is 42.3 Å². The van der Waals surface area contributed by atoms with Crippen LogP contribution in [0.3, 0.4) is 0 Å². The molecule has 32 heavy (non-hydrogen) atoms. The Morgan fingerprint density at radius 1 is 0.938 bits per heavy atom. The number of amides is 1. The maximum atomic E-state index is 13.6. The van der Waals surface area contributed by atoms with Gasteiger partial charge in [0, 0.05) is 28.2 Å². The van der Waals surface area contributed by atoms with Crippen molar-refractivity contribution in [1.82, 2.24) is 9.47 Å². The zero-order valence-corrected chi connectivity index (χ0v) is 17.4. The molecule has 0 saturated heterocycles. The van der Waals surface area contributed by atoms with Crippen LogP contribution in [0.5, 0.6) is 0 Å². The number of hydrogen-bond donors (Lipinski definition) is 0. The van der Waals surface area contributed by atoms with Crippen molar-refractivity contribution in [3.05, 3.63) is 82.5 Å². The van der Waals surface area contributed by atoms with E-state index in [1.807, 2.05) is 30.3 Å². The molecule has 1 aliphatic rings. The Balaban J connectivity index is 1.67. The highest BCUT2D eigenvalue weighted by Gasteiger charge is 2.44. The minimum atomic E-state index is -4.97. The molecule has 0 spiro atoms. The molecule has 4 aromatic rings. The van der Waals surface area contributed by atoms with Crippen molar-refractivity contribution in [3.63, 3.8) is 0 Å². The third-order valence-corrected chi connectivity index (χ3v) is 6.08. The van der Waals surface area contributed by atoms with Crippen molar-refractivity contribution in [2.75, 3.05) is 6.54 Å². The van der Waals surface area contributed by atoms with Crippen molar-refractivity contribution in [1.29, 1.82) is 0 Å². The van der Waals surface area contributed by atoms with Crippen LogP contribution in [0.2, 0.25) is 5.02 Å². The molecule has 8 heteroatoms. The van der Waals surface area contributed by atoms with E-state index < -0.39 is 12.1 Å². The lowest BCUT2D eigenvalue weighted by atomic mass is 10.0. The van der Waals surface area contributed by atoms with Gasteiger partial charge < -0.3 is 4.90 Å². The number of carbonyl (C=O) groups is 2. The first-order valence-corrected chi connectivity index (χ1v) is 10.3. The van der Waals surface area contributed by atoms with Gasteiger partial charge in [0.2, 0.25) is 0 Å². The van der Waals surface area contributed by atoms with Crippen LogP contribution < -0.4 is 0 Å². The van der Waals surface area contributed by atoms with Crippen LogP contribution >= 0.6 is 11.6 Å². The first-order chi connectivity index (χ1) is 15.2. The Kier molecular flexibility index (Phi) is 4.74. The van der Waals surface area contributed by atoms with Gasteiger partial charge in [0.1, 0.15) is 0 Å². The molecule has 0 unspecified atom stereocenters. The van der Waals surface area contributed by atoms with E-state index in [2.05, 4.69) is 0 Å². The Bertz CT molecular complexity index is 1410. The maximum Gasteiger partial charge on any atom is 0.471 e. The number of halogens is 4. The first-order valence-electron chi connectivity index (χ1n) is 9.95. The van der Waals surface area contributed by atoms with E-state index >= 15 is 0 Å². The third-order valence-electron chi connectivity index (χ3n) is 5.84. The van der Waals surface area contributed by atoms with Crippen LogP contribution in [0, 0.1) is 0 Å². The number of alkyl halides is 3. The van der Waals surface area contributed by atoms with E-state index in [-0.39, 0.29) is 25.4 Å². The average molecular weight is 457 g/mol. The highest BCUT2D eigenvalue weighted by molar-refractivity contribution is 6.31. The fourth-order valence-corrected chi connectivity index (χ4v) is 4.54. The first kappa shape index (κ1) is 20.6. The van der Waals surface area contributed by atoms with Gasteiger partial charge in [-0.2, -0.15) is 13.2 Å². The predicted octanol–water partition coefficient (Wildman–Crippen LogP) is 5.58. The molecule has 0 atom stereocenters. The van der Waals surface area contributed by atoms with E-state index in [0.717, 1.165) is 21.2 Å². The normalized spacial score (nSPS) is 14.1. The molecular formula is C24H16ClF3N2O2. The van der Waals surface area contributed by atoms with Crippen molar-refractivity contribution in [3.8, 4) is 0 Å². The van der Waals surface area contributed by atoms with Gasteiger partial charge in [-0.25, -0.2) is 0 Å². The van der Waals surface area contributed by atoms with Gasteiger partial charge >= 0.3 is 12.1 Å². The molecule has 0 saturated carbocycles. The van der Waals surface area contributed by atoms with Crippen LogP contribution in [0.1, 0.15) is 21.6 Å². The van der Waals surface area contributed by atoms with Gasteiger partial charge in [0.05, 0.1) is 12.1 Å². The number of aromatic nitrogens is 1. The van der Waals surface area contributed by atoms with Crippen LogP contribution in [-0.4, -0.2) is 34.0 Å². The predicted molar refractivity (Wildman–Crippen MR) is 116 cm³/mol. The number of carbonyl (C=O) groups excluding carboxylic acids is 2. The molecule has 1 amide bonds. The van der Waals surface area contributed by atoms with Gasteiger partial charge in [-0.15, -0.1) is 0 Å². The number of hydrogen-bond acceptors (Lipinski definition) is 2. The zero-order chi connectivity index (χ0) is 22.6. The van der Waals surface area contributed by atoms with Gasteiger partial charge in [0.25, 0.3) is 5.91 Å². The molecule has 0 radical (unpaired) electrons. The Hall–Kier alpha value is -3.32. The van der Waals surface area contributed by atoms with Crippen LogP contribution in [0.15, 0.2) is 60.7 Å². The summed E-state index contributed by atoms with van der Waals surface area (Å²) in [7, 11) is 0. The second-order valence-corrected chi connectivity index (χ2v) is 8.20. The lowest BCUT2D eigenvalue weighted by Gasteiger charge is -2.29. The highest BCUT2D eigenvalue weighted by atomic mass is 35.5. The molecule has 162 valence electrons. The van der Waals surface area contributed by atoms with Crippen LogP contribution in [0.4, 0.5) is 13.2 Å². The Morgan fingerprint density at radius 2 is 1.69 bits per heavy atom. The molecule has 3 aromatic carbocycles. The number of rotatable bonds is 1. The summed E-state index contributed by atoms with van der Waals surface area (Å²) in [6, 6.07) is 17.9. The van der Waals surface area contributed by atoms with Gasteiger partial charge in [-0.3, -0.25) is 14.2 Å². The van der Waals surface area contributed by atoms with Crippen molar-refractivity contribution in [2.24, 2.45) is 0 Å². The molecule has 0 fully saturated rings. The second kappa shape index (κ2) is 7.38. The molecular weight excluding hydrogens is 441 g/mol. The van der Waals surface area contributed by atoms with Gasteiger partial charge in [-0.1, -0.05) is 41.9 Å². The smallest absolute Gasteiger partial charge is 0.329 e. The molecule has 2 heterocycles. The summed E-state index contributed by atoms with van der Waals surface area (Å²) >= 11 is 6.16. The summed E-state index contributed by atoms with van der Waals surface area (Å²) < 4.78 is 40.6. The van der Waals surface area contributed by atoms with Gasteiger partial charge in [-0.05, 0) is 53.1 Å². The SMILES string of the molecule is O=C(c1ccc2ccccc2c1)n1c2c(c3cc(Cl)ccc31)CCN(C(=O)C(F)(F)F)C2. The monoisotopic (exact) mass is 456 g/mol. The Labute approximate surface area is 185 Å². The lowest BCUT2D eigenvalue weighted by molar-refractivity contribution is -0.186. The molecule has 1 aromatic heterocycles. The summed E-state index contributed by atoms with van der Waals surface area (Å²) in [6.45, 7) is -0.388. The summed E-state index contributed by atoms with van der Waals surface area (Å²) in [5.41, 5.74) is 2.07. The molecule has 4 nitrogen and oxygen atoms in total.